The summed E-state index contributed by atoms with van der Waals surface area (Å²) in [6.07, 6.45) is -1.60. The number of hydrogen-bond acceptors (Lipinski definition) is 2. The van der Waals surface area contributed by atoms with Gasteiger partial charge in [0.2, 0.25) is 5.78 Å². The first-order valence-corrected chi connectivity index (χ1v) is 3.36. The van der Waals surface area contributed by atoms with Gasteiger partial charge in [-0.05, 0) is 19.1 Å². The topological polar surface area (TPSA) is 30.0 Å². The third-order valence-corrected chi connectivity index (χ3v) is 1.38. The van der Waals surface area contributed by atoms with Crippen LogP contribution in [0, 0.1) is 6.92 Å². The highest BCUT2D eigenvalue weighted by Crippen LogP contribution is 2.07. The van der Waals surface area contributed by atoms with E-state index in [1.54, 1.807) is 6.92 Å². The van der Waals surface area contributed by atoms with Crippen LogP contribution in [0.5, 0.6) is 0 Å². The van der Waals surface area contributed by atoms with Gasteiger partial charge in [-0.1, -0.05) is 0 Å². The van der Waals surface area contributed by atoms with Gasteiger partial charge in [-0.15, -0.1) is 0 Å². The van der Waals surface area contributed by atoms with Crippen LogP contribution in [0.15, 0.2) is 18.3 Å². The Hall–Kier alpha value is -1.32. The van der Waals surface area contributed by atoms with Gasteiger partial charge < -0.3 is 0 Å². The van der Waals surface area contributed by atoms with Gasteiger partial charge in [0.1, 0.15) is 0 Å². The lowest BCUT2D eigenvalue weighted by Crippen LogP contribution is -2.10. The number of rotatable bonds is 2. The van der Waals surface area contributed by atoms with Crippen molar-refractivity contribution in [1.29, 1.82) is 0 Å². The number of hydrogen-bond donors (Lipinski definition) is 0. The highest BCUT2D eigenvalue weighted by Gasteiger charge is 2.17. The van der Waals surface area contributed by atoms with E-state index in [2.05, 4.69) is 4.98 Å². The summed E-state index contributed by atoms with van der Waals surface area (Å²) in [7, 11) is 0. The van der Waals surface area contributed by atoms with Crippen molar-refractivity contribution in [2.75, 3.05) is 0 Å². The normalized spacial score (nSPS) is 10.3. The number of pyridine rings is 1. The molecule has 0 radical (unpaired) electrons. The number of aromatic nitrogens is 1. The lowest BCUT2D eigenvalue weighted by Gasteiger charge is -1.98. The molecular weight excluding hydrogens is 164 g/mol. The van der Waals surface area contributed by atoms with E-state index in [9.17, 15) is 13.6 Å². The standard InChI is InChI=1S/C8H7F2NO/c1-5-4-6(2-3-11-5)7(12)8(9)10/h2-4,8H,1H3. The van der Waals surface area contributed by atoms with Crippen LogP contribution in [0.2, 0.25) is 0 Å². The molecule has 0 aliphatic heterocycles. The number of alkyl halides is 2. The molecule has 1 aromatic rings. The summed E-state index contributed by atoms with van der Waals surface area (Å²) < 4.78 is 23.8. The second-order valence-corrected chi connectivity index (χ2v) is 2.35. The molecule has 0 spiro atoms. The van der Waals surface area contributed by atoms with E-state index in [0.29, 0.717) is 5.69 Å². The lowest BCUT2D eigenvalue weighted by molar-refractivity contribution is 0.0678. The van der Waals surface area contributed by atoms with Crippen molar-refractivity contribution in [3.8, 4) is 0 Å². The van der Waals surface area contributed by atoms with E-state index < -0.39 is 12.2 Å². The van der Waals surface area contributed by atoms with Crippen LogP contribution >= 0.6 is 0 Å². The Bertz CT molecular complexity index is 299. The molecule has 0 atom stereocenters. The van der Waals surface area contributed by atoms with Crippen molar-refractivity contribution in [3.05, 3.63) is 29.6 Å². The summed E-state index contributed by atoms with van der Waals surface area (Å²) in [6, 6.07) is 2.62. The molecule has 0 fully saturated rings. The second kappa shape index (κ2) is 3.38. The minimum absolute atomic E-state index is 0.0116. The van der Waals surface area contributed by atoms with Crippen molar-refractivity contribution >= 4 is 5.78 Å². The number of halogens is 2. The van der Waals surface area contributed by atoms with Crippen molar-refractivity contribution < 1.29 is 13.6 Å². The highest BCUT2D eigenvalue weighted by molar-refractivity contribution is 5.98. The van der Waals surface area contributed by atoms with Crippen LogP contribution in [-0.2, 0) is 0 Å². The molecule has 0 N–H and O–H groups in total. The lowest BCUT2D eigenvalue weighted by atomic mass is 10.1. The summed E-state index contributed by atoms with van der Waals surface area (Å²) in [6.45, 7) is 1.64. The summed E-state index contributed by atoms with van der Waals surface area (Å²) in [5, 5.41) is 0. The quantitative estimate of drug-likeness (QED) is 0.635. The first-order chi connectivity index (χ1) is 5.61. The number of Topliss-reactive ketones (excluding diaryl/α,β-unsaturated/α-hetero) is 1. The van der Waals surface area contributed by atoms with Gasteiger partial charge in [0.05, 0.1) is 0 Å². The van der Waals surface area contributed by atoms with Crippen molar-refractivity contribution in [2.24, 2.45) is 0 Å². The fourth-order valence-electron chi connectivity index (χ4n) is 0.825. The molecule has 0 bridgehead atoms. The van der Waals surface area contributed by atoms with E-state index in [4.69, 9.17) is 0 Å². The summed E-state index contributed by atoms with van der Waals surface area (Å²) in [4.78, 5) is 14.5. The molecule has 64 valence electrons. The smallest absolute Gasteiger partial charge is 0.288 e. The van der Waals surface area contributed by atoms with Gasteiger partial charge in [-0.25, -0.2) is 8.78 Å². The summed E-state index contributed by atoms with van der Waals surface area (Å²) >= 11 is 0. The first kappa shape index (κ1) is 8.77. The molecule has 4 heteroatoms. The maximum absolute atomic E-state index is 11.9. The predicted molar refractivity (Wildman–Crippen MR) is 39.3 cm³/mol. The minimum Gasteiger partial charge on any atom is -0.288 e. The maximum atomic E-state index is 11.9. The average Bonchev–Trinajstić information content (AvgIpc) is 2.03. The van der Waals surface area contributed by atoms with Gasteiger partial charge >= 0.3 is 6.43 Å². The zero-order valence-corrected chi connectivity index (χ0v) is 6.42. The molecule has 0 saturated carbocycles. The summed E-state index contributed by atoms with van der Waals surface area (Å²) in [5.41, 5.74) is 0.569. The molecule has 0 amide bonds. The Morgan fingerprint density at radius 2 is 2.25 bits per heavy atom. The molecule has 0 saturated heterocycles. The Balaban J connectivity index is 2.96. The van der Waals surface area contributed by atoms with Gasteiger partial charge in [0, 0.05) is 17.5 Å². The first-order valence-electron chi connectivity index (χ1n) is 3.36. The molecular formula is C8H7F2NO. The van der Waals surface area contributed by atoms with Crippen LogP contribution in [0.4, 0.5) is 8.78 Å². The predicted octanol–water partition coefficient (Wildman–Crippen LogP) is 1.84. The van der Waals surface area contributed by atoms with Gasteiger partial charge in [-0.3, -0.25) is 9.78 Å². The molecule has 1 rings (SSSR count). The number of carbonyl (C=O) groups is 1. The van der Waals surface area contributed by atoms with E-state index in [-0.39, 0.29) is 5.56 Å². The van der Waals surface area contributed by atoms with Gasteiger partial charge in [-0.2, -0.15) is 0 Å². The molecule has 0 aromatic carbocycles. The monoisotopic (exact) mass is 171 g/mol. The molecule has 0 unspecified atom stereocenters. The third-order valence-electron chi connectivity index (χ3n) is 1.38. The van der Waals surface area contributed by atoms with Crippen LogP contribution in [0.1, 0.15) is 16.1 Å². The van der Waals surface area contributed by atoms with Crippen LogP contribution in [-0.4, -0.2) is 17.2 Å². The summed E-state index contributed by atoms with van der Waals surface area (Å²) in [5.74, 6) is -1.15. The van der Waals surface area contributed by atoms with Gasteiger partial charge in [0.25, 0.3) is 0 Å². The Kier molecular flexibility index (Phi) is 2.47. The van der Waals surface area contributed by atoms with Crippen molar-refractivity contribution in [1.82, 2.24) is 4.98 Å². The van der Waals surface area contributed by atoms with Crippen LogP contribution in [0.3, 0.4) is 0 Å². The average molecular weight is 171 g/mol. The fraction of sp³-hybridized carbons (Fsp3) is 0.250. The van der Waals surface area contributed by atoms with Gasteiger partial charge in [0.15, 0.2) is 0 Å². The molecule has 2 nitrogen and oxygen atoms in total. The number of aryl methyl sites for hydroxylation is 1. The fourth-order valence-corrected chi connectivity index (χ4v) is 0.825. The van der Waals surface area contributed by atoms with E-state index in [1.807, 2.05) is 0 Å². The second-order valence-electron chi connectivity index (χ2n) is 2.35. The Labute approximate surface area is 68.2 Å². The van der Waals surface area contributed by atoms with Crippen molar-refractivity contribution in [2.45, 2.75) is 13.3 Å². The van der Waals surface area contributed by atoms with Crippen molar-refractivity contribution in [3.63, 3.8) is 0 Å². The highest BCUT2D eigenvalue weighted by atomic mass is 19.3. The largest absolute Gasteiger partial charge is 0.300 e. The minimum atomic E-state index is -2.94. The van der Waals surface area contributed by atoms with Crippen LogP contribution < -0.4 is 0 Å². The SMILES string of the molecule is Cc1cc(C(=O)C(F)F)ccn1. The molecule has 0 aliphatic carbocycles. The molecule has 1 heterocycles. The number of ketones is 1. The number of nitrogens with zero attached hydrogens (tertiary/aromatic N) is 1. The number of carbonyl (C=O) groups excluding carboxylic acids is 1. The zero-order valence-electron chi connectivity index (χ0n) is 6.42. The molecule has 0 aliphatic rings. The molecule has 1 aromatic heterocycles. The van der Waals surface area contributed by atoms with E-state index >= 15 is 0 Å². The zero-order chi connectivity index (χ0) is 9.14. The molecule has 12 heavy (non-hydrogen) atoms. The maximum Gasteiger partial charge on any atom is 0.300 e. The van der Waals surface area contributed by atoms with E-state index in [1.165, 1.54) is 18.3 Å². The Morgan fingerprint density at radius 1 is 1.58 bits per heavy atom. The Morgan fingerprint density at radius 3 is 2.75 bits per heavy atom. The van der Waals surface area contributed by atoms with Crippen LogP contribution in [0.25, 0.3) is 0 Å². The third kappa shape index (κ3) is 1.84. The van der Waals surface area contributed by atoms with E-state index in [0.717, 1.165) is 0 Å².